The quantitative estimate of drug-likeness (QED) is 0.148. The minimum absolute atomic E-state index is 0. The maximum absolute atomic E-state index is 12.9. The fraction of sp³-hybridized carbons (Fsp3) is 0.591. The fourth-order valence-electron chi connectivity index (χ4n) is 3.50. The Morgan fingerprint density at radius 3 is 2.77 bits per heavy atom. The molecule has 0 amide bonds. The van der Waals surface area contributed by atoms with E-state index >= 15 is 0 Å². The van der Waals surface area contributed by atoms with Crippen LogP contribution in [0.3, 0.4) is 0 Å². The van der Waals surface area contributed by atoms with Gasteiger partial charge in [-0.3, -0.25) is 4.99 Å². The van der Waals surface area contributed by atoms with Crippen molar-refractivity contribution in [2.45, 2.75) is 63.3 Å². The van der Waals surface area contributed by atoms with E-state index in [1.165, 1.54) is 31.4 Å². The maximum atomic E-state index is 12.9. The largest absolute Gasteiger partial charge is 0.357 e. The van der Waals surface area contributed by atoms with Gasteiger partial charge in [0.25, 0.3) is 0 Å². The van der Waals surface area contributed by atoms with E-state index in [0.29, 0.717) is 0 Å². The van der Waals surface area contributed by atoms with Gasteiger partial charge in [0.05, 0.1) is 0 Å². The highest BCUT2D eigenvalue weighted by Gasteiger charge is 2.14. The number of halogens is 2. The van der Waals surface area contributed by atoms with Gasteiger partial charge >= 0.3 is 0 Å². The Labute approximate surface area is 206 Å². The van der Waals surface area contributed by atoms with Crippen molar-refractivity contribution in [2.24, 2.45) is 4.99 Å². The van der Waals surface area contributed by atoms with Crippen LogP contribution >= 0.6 is 35.7 Å². The molecular formula is C22H34FIN6S. The predicted molar refractivity (Wildman–Crippen MR) is 137 cm³/mol. The molecule has 0 bridgehead atoms. The second kappa shape index (κ2) is 14.7. The SMILES string of the molecule is CCNC(=NCCCSc1ccc(F)cc1)NCCCc1nnc2n1CCCCC2.I. The van der Waals surface area contributed by atoms with E-state index in [-0.39, 0.29) is 29.8 Å². The van der Waals surface area contributed by atoms with Gasteiger partial charge in [0.2, 0.25) is 0 Å². The lowest BCUT2D eigenvalue weighted by Gasteiger charge is -2.11. The standard InChI is InChI=1S/C22H33FN6S.HI/c1-2-24-22(26-15-7-17-30-19-12-10-18(23)11-13-19)25-14-6-9-21-28-27-20-8-4-3-5-16-29(20)21;/h10-13H,2-9,14-17H2,1H3,(H2,24,25,26);1H. The van der Waals surface area contributed by atoms with Crippen molar-refractivity contribution in [3.8, 4) is 0 Å². The van der Waals surface area contributed by atoms with Crippen molar-refractivity contribution in [3.05, 3.63) is 41.7 Å². The van der Waals surface area contributed by atoms with E-state index in [9.17, 15) is 4.39 Å². The normalized spacial score (nSPS) is 13.8. The van der Waals surface area contributed by atoms with Crippen LogP contribution in [0, 0.1) is 5.82 Å². The zero-order valence-corrected chi connectivity index (χ0v) is 21.4. The minimum Gasteiger partial charge on any atom is -0.357 e. The highest BCUT2D eigenvalue weighted by molar-refractivity contribution is 14.0. The van der Waals surface area contributed by atoms with Crippen LogP contribution in [0.1, 0.15) is 50.7 Å². The maximum Gasteiger partial charge on any atom is 0.191 e. The zero-order valence-electron chi connectivity index (χ0n) is 18.3. The summed E-state index contributed by atoms with van der Waals surface area (Å²) in [5, 5.41) is 15.5. The molecule has 0 spiro atoms. The van der Waals surface area contributed by atoms with Gasteiger partial charge in [0, 0.05) is 43.9 Å². The second-order valence-electron chi connectivity index (χ2n) is 7.44. The third-order valence-corrected chi connectivity index (χ3v) is 6.15. The van der Waals surface area contributed by atoms with Crippen LogP contribution in [0.15, 0.2) is 34.2 Å². The Morgan fingerprint density at radius 1 is 1.13 bits per heavy atom. The molecule has 9 heteroatoms. The van der Waals surface area contributed by atoms with Gasteiger partial charge in [-0.05, 0) is 62.6 Å². The Bertz CT molecular complexity index is 796. The number of aliphatic imine (C=N–C) groups is 1. The van der Waals surface area contributed by atoms with Crippen molar-refractivity contribution in [1.82, 2.24) is 25.4 Å². The molecule has 1 aromatic carbocycles. The summed E-state index contributed by atoms with van der Waals surface area (Å²) in [7, 11) is 0. The van der Waals surface area contributed by atoms with E-state index in [1.807, 2.05) is 12.1 Å². The van der Waals surface area contributed by atoms with Crippen molar-refractivity contribution < 1.29 is 4.39 Å². The topological polar surface area (TPSA) is 67.1 Å². The van der Waals surface area contributed by atoms with Crippen LogP contribution in [-0.4, -0.2) is 46.1 Å². The summed E-state index contributed by atoms with van der Waals surface area (Å²) in [5.41, 5.74) is 0. The number of guanidine groups is 1. The highest BCUT2D eigenvalue weighted by atomic mass is 127. The molecule has 0 aliphatic carbocycles. The summed E-state index contributed by atoms with van der Waals surface area (Å²) in [6, 6.07) is 6.65. The van der Waals surface area contributed by atoms with Gasteiger partial charge in [-0.25, -0.2) is 4.39 Å². The summed E-state index contributed by atoms with van der Waals surface area (Å²) >= 11 is 1.73. The Kier molecular flexibility index (Phi) is 12.2. The van der Waals surface area contributed by atoms with E-state index in [0.717, 1.165) is 80.1 Å². The Balaban J connectivity index is 0.00000341. The zero-order chi connectivity index (χ0) is 21.0. The number of rotatable bonds is 10. The number of nitrogens with zero attached hydrogens (tertiary/aromatic N) is 4. The number of hydrogen-bond donors (Lipinski definition) is 2. The molecule has 3 rings (SSSR count). The predicted octanol–water partition coefficient (Wildman–Crippen LogP) is 4.43. The van der Waals surface area contributed by atoms with Crippen molar-refractivity contribution in [1.29, 1.82) is 0 Å². The summed E-state index contributed by atoms with van der Waals surface area (Å²) in [4.78, 5) is 5.76. The minimum atomic E-state index is -0.190. The van der Waals surface area contributed by atoms with Gasteiger partial charge in [-0.1, -0.05) is 6.42 Å². The summed E-state index contributed by atoms with van der Waals surface area (Å²) in [6.07, 6.45) is 7.72. The van der Waals surface area contributed by atoms with Crippen molar-refractivity contribution in [2.75, 3.05) is 25.4 Å². The van der Waals surface area contributed by atoms with Gasteiger partial charge < -0.3 is 15.2 Å². The monoisotopic (exact) mass is 560 g/mol. The van der Waals surface area contributed by atoms with Crippen LogP contribution < -0.4 is 10.6 Å². The molecule has 0 atom stereocenters. The van der Waals surface area contributed by atoms with Gasteiger partial charge in [0.1, 0.15) is 17.5 Å². The smallest absolute Gasteiger partial charge is 0.191 e. The fourth-order valence-corrected chi connectivity index (χ4v) is 4.34. The van der Waals surface area contributed by atoms with Crippen LogP contribution in [0.4, 0.5) is 4.39 Å². The first-order valence-corrected chi connectivity index (χ1v) is 12.1. The molecule has 1 aromatic heterocycles. The lowest BCUT2D eigenvalue weighted by molar-refractivity contribution is 0.594. The molecular weight excluding hydrogens is 526 g/mol. The third-order valence-electron chi connectivity index (χ3n) is 5.05. The second-order valence-corrected chi connectivity index (χ2v) is 8.61. The van der Waals surface area contributed by atoms with Crippen LogP contribution in [0.2, 0.25) is 0 Å². The lowest BCUT2D eigenvalue weighted by atomic mass is 10.2. The van der Waals surface area contributed by atoms with Gasteiger partial charge in [-0.2, -0.15) is 0 Å². The van der Waals surface area contributed by atoms with Gasteiger partial charge in [-0.15, -0.1) is 45.9 Å². The van der Waals surface area contributed by atoms with Crippen LogP contribution in [-0.2, 0) is 19.4 Å². The number of aryl methyl sites for hydroxylation is 2. The molecule has 0 saturated heterocycles. The molecule has 0 fully saturated rings. The summed E-state index contributed by atoms with van der Waals surface area (Å²) < 4.78 is 15.3. The van der Waals surface area contributed by atoms with Gasteiger partial charge in [0.15, 0.2) is 5.96 Å². The number of aromatic nitrogens is 3. The molecule has 6 nitrogen and oxygen atoms in total. The number of nitrogens with one attached hydrogen (secondary N) is 2. The average Bonchev–Trinajstić information content (AvgIpc) is 2.98. The molecule has 1 aliphatic heterocycles. The number of thioether (sulfide) groups is 1. The lowest BCUT2D eigenvalue weighted by Crippen LogP contribution is -2.38. The average molecular weight is 561 g/mol. The first-order valence-electron chi connectivity index (χ1n) is 11.1. The van der Waals surface area contributed by atoms with E-state index in [2.05, 4.69) is 37.3 Å². The third kappa shape index (κ3) is 8.96. The highest BCUT2D eigenvalue weighted by Crippen LogP contribution is 2.18. The first kappa shape index (κ1) is 25.9. The number of benzene rings is 1. The van der Waals surface area contributed by atoms with Crippen molar-refractivity contribution in [3.63, 3.8) is 0 Å². The molecule has 31 heavy (non-hydrogen) atoms. The van der Waals surface area contributed by atoms with E-state index in [1.54, 1.807) is 11.8 Å². The molecule has 0 radical (unpaired) electrons. The molecule has 2 heterocycles. The number of hydrogen-bond acceptors (Lipinski definition) is 4. The molecule has 2 N–H and O–H groups in total. The number of fused-ring (bicyclic) bond motifs is 1. The molecule has 0 unspecified atom stereocenters. The Hall–Kier alpha value is -1.36. The summed E-state index contributed by atoms with van der Waals surface area (Å²) in [6.45, 7) is 5.60. The molecule has 2 aromatic rings. The molecule has 1 aliphatic rings. The summed E-state index contributed by atoms with van der Waals surface area (Å²) in [5.74, 6) is 3.92. The van der Waals surface area contributed by atoms with Crippen LogP contribution in [0.25, 0.3) is 0 Å². The van der Waals surface area contributed by atoms with Crippen molar-refractivity contribution >= 4 is 41.7 Å². The first-order chi connectivity index (χ1) is 14.8. The molecule has 0 saturated carbocycles. The van der Waals surface area contributed by atoms with E-state index in [4.69, 9.17) is 0 Å². The molecule has 172 valence electrons. The van der Waals surface area contributed by atoms with Crippen LogP contribution in [0.5, 0.6) is 0 Å². The Morgan fingerprint density at radius 2 is 1.97 bits per heavy atom. The van der Waals surface area contributed by atoms with E-state index < -0.39 is 0 Å².